The Balaban J connectivity index is 1.75. The van der Waals surface area contributed by atoms with Crippen LogP contribution < -0.4 is 10.1 Å². The molecule has 0 saturated carbocycles. The topological polar surface area (TPSA) is 47.6 Å². The van der Waals surface area contributed by atoms with Crippen molar-refractivity contribution in [2.24, 2.45) is 0 Å². The third-order valence-corrected chi connectivity index (χ3v) is 3.83. The number of hydrogen-bond acceptors (Lipinski definition) is 4. The highest BCUT2D eigenvalue weighted by atomic mass is 16.5. The van der Waals surface area contributed by atoms with Crippen LogP contribution in [-0.4, -0.2) is 31.8 Å². The van der Waals surface area contributed by atoms with Crippen molar-refractivity contribution in [2.45, 2.75) is 25.8 Å². The molecule has 0 aliphatic carbocycles. The van der Waals surface area contributed by atoms with Crippen LogP contribution >= 0.6 is 0 Å². The van der Waals surface area contributed by atoms with E-state index in [1.54, 1.807) is 6.92 Å². The van der Waals surface area contributed by atoms with Gasteiger partial charge in [-0.15, -0.1) is 12.3 Å². The molecule has 2 rings (SSSR count). The number of terminal acetylenes is 1. The van der Waals surface area contributed by atoms with Gasteiger partial charge in [-0.25, -0.2) is 0 Å². The third kappa shape index (κ3) is 6.62. The fourth-order valence-corrected chi connectivity index (χ4v) is 2.54. The van der Waals surface area contributed by atoms with Gasteiger partial charge in [0.1, 0.15) is 18.4 Å². The molecule has 0 aliphatic rings. The Kier molecular flexibility index (Phi) is 8.25. The molecule has 136 valence electrons. The van der Waals surface area contributed by atoms with Gasteiger partial charge in [-0.2, -0.15) is 0 Å². The molecule has 26 heavy (non-hydrogen) atoms. The lowest BCUT2D eigenvalue weighted by molar-refractivity contribution is -0.145. The summed E-state index contributed by atoms with van der Waals surface area (Å²) in [6.07, 6.45) is 6.50. The molecule has 1 atom stereocenters. The molecule has 0 amide bonds. The van der Waals surface area contributed by atoms with E-state index in [1.165, 1.54) is 11.1 Å². The smallest absolute Gasteiger partial charge is 0.324 e. The number of carbonyl (C=O) groups is 1. The Labute approximate surface area is 155 Å². The van der Waals surface area contributed by atoms with Gasteiger partial charge in [0, 0.05) is 13.0 Å². The van der Waals surface area contributed by atoms with E-state index in [9.17, 15) is 4.79 Å². The summed E-state index contributed by atoms with van der Waals surface area (Å²) in [4.78, 5) is 11.8. The molecule has 0 aliphatic heterocycles. The maximum absolute atomic E-state index is 11.8. The highest BCUT2D eigenvalue weighted by molar-refractivity contribution is 5.76. The van der Waals surface area contributed by atoms with E-state index in [2.05, 4.69) is 35.5 Å². The first-order chi connectivity index (χ1) is 12.7. The molecule has 0 spiro atoms. The molecule has 0 bridgehead atoms. The highest BCUT2D eigenvalue weighted by Crippen LogP contribution is 2.15. The summed E-state index contributed by atoms with van der Waals surface area (Å²) in [6, 6.07) is 17.9. The lowest BCUT2D eigenvalue weighted by atomic mass is 10.1. The van der Waals surface area contributed by atoms with Gasteiger partial charge in [0.25, 0.3) is 0 Å². The molecule has 2 aromatic carbocycles. The van der Waals surface area contributed by atoms with E-state index >= 15 is 0 Å². The molecule has 4 nitrogen and oxygen atoms in total. The normalized spacial score (nSPS) is 11.4. The van der Waals surface area contributed by atoms with Gasteiger partial charge in [-0.1, -0.05) is 42.5 Å². The summed E-state index contributed by atoms with van der Waals surface area (Å²) in [5.41, 5.74) is 2.52. The molecule has 0 fully saturated rings. The molecular weight excluding hydrogens is 326 g/mol. The van der Waals surface area contributed by atoms with Gasteiger partial charge in [-0.05, 0) is 36.6 Å². The van der Waals surface area contributed by atoms with Crippen molar-refractivity contribution < 1.29 is 14.3 Å². The fourth-order valence-electron chi connectivity index (χ4n) is 2.54. The standard InChI is InChI=1S/C22H25NO3/c1-3-8-21(22(24)25-4-2)23-15-16-26-20-13-11-19(12-14-20)17-18-9-6-5-7-10-18/h1,5-7,9-14,21,23H,4,8,15-17H2,2H3. The third-order valence-electron chi connectivity index (χ3n) is 3.83. The van der Waals surface area contributed by atoms with Crippen LogP contribution in [0.4, 0.5) is 0 Å². The van der Waals surface area contributed by atoms with Gasteiger partial charge < -0.3 is 14.8 Å². The van der Waals surface area contributed by atoms with E-state index in [4.69, 9.17) is 15.9 Å². The summed E-state index contributed by atoms with van der Waals surface area (Å²) in [7, 11) is 0. The van der Waals surface area contributed by atoms with Crippen molar-refractivity contribution in [3.05, 3.63) is 65.7 Å². The van der Waals surface area contributed by atoms with Crippen LogP contribution in [-0.2, 0) is 16.0 Å². The van der Waals surface area contributed by atoms with E-state index in [1.807, 2.05) is 30.3 Å². The number of nitrogens with one attached hydrogen (secondary N) is 1. The molecule has 1 N–H and O–H groups in total. The average Bonchev–Trinajstić information content (AvgIpc) is 2.66. The predicted molar refractivity (Wildman–Crippen MR) is 103 cm³/mol. The minimum Gasteiger partial charge on any atom is -0.492 e. The van der Waals surface area contributed by atoms with Gasteiger partial charge >= 0.3 is 5.97 Å². The zero-order valence-corrected chi connectivity index (χ0v) is 15.1. The molecule has 0 aromatic heterocycles. The minimum atomic E-state index is -0.489. The van der Waals surface area contributed by atoms with E-state index < -0.39 is 6.04 Å². The maximum Gasteiger partial charge on any atom is 0.324 e. The molecule has 0 radical (unpaired) electrons. The van der Waals surface area contributed by atoms with Crippen molar-refractivity contribution in [3.8, 4) is 18.1 Å². The van der Waals surface area contributed by atoms with Gasteiger partial charge in [-0.3, -0.25) is 4.79 Å². The zero-order valence-electron chi connectivity index (χ0n) is 15.1. The van der Waals surface area contributed by atoms with Crippen molar-refractivity contribution in [2.75, 3.05) is 19.8 Å². The first-order valence-corrected chi connectivity index (χ1v) is 8.82. The van der Waals surface area contributed by atoms with Gasteiger partial charge in [0.15, 0.2) is 0 Å². The molecule has 2 aromatic rings. The van der Waals surface area contributed by atoms with Crippen LogP contribution in [0.2, 0.25) is 0 Å². The van der Waals surface area contributed by atoms with Gasteiger partial charge in [0.05, 0.1) is 6.61 Å². The first kappa shape index (κ1) is 19.6. The number of carbonyl (C=O) groups excluding carboxylic acids is 1. The second-order valence-electron chi connectivity index (χ2n) is 5.82. The second kappa shape index (κ2) is 11.0. The lowest BCUT2D eigenvalue weighted by Gasteiger charge is -2.15. The Morgan fingerprint density at radius 1 is 1.12 bits per heavy atom. The molecule has 0 heterocycles. The highest BCUT2D eigenvalue weighted by Gasteiger charge is 2.17. The van der Waals surface area contributed by atoms with Crippen LogP contribution in [0.5, 0.6) is 5.75 Å². The summed E-state index contributed by atoms with van der Waals surface area (Å²) < 4.78 is 10.7. The SMILES string of the molecule is C#CCC(NCCOc1ccc(Cc2ccccc2)cc1)C(=O)OCC. The van der Waals surface area contributed by atoms with Crippen LogP contribution in [0.3, 0.4) is 0 Å². The Morgan fingerprint density at radius 3 is 2.46 bits per heavy atom. The zero-order chi connectivity index (χ0) is 18.6. The number of ether oxygens (including phenoxy) is 2. The van der Waals surface area contributed by atoms with E-state index in [0.29, 0.717) is 26.2 Å². The summed E-state index contributed by atoms with van der Waals surface area (Å²) in [5.74, 6) is 2.96. The summed E-state index contributed by atoms with van der Waals surface area (Å²) >= 11 is 0. The predicted octanol–water partition coefficient (Wildman–Crippen LogP) is 3.20. The van der Waals surface area contributed by atoms with Crippen LogP contribution in [0, 0.1) is 12.3 Å². The number of hydrogen-bond donors (Lipinski definition) is 1. The fraction of sp³-hybridized carbons (Fsp3) is 0.318. The Hall–Kier alpha value is -2.77. The summed E-state index contributed by atoms with van der Waals surface area (Å²) in [5, 5.41) is 3.08. The van der Waals surface area contributed by atoms with E-state index in [0.717, 1.165) is 12.2 Å². The van der Waals surface area contributed by atoms with Crippen molar-refractivity contribution in [1.82, 2.24) is 5.32 Å². The van der Waals surface area contributed by atoms with E-state index in [-0.39, 0.29) is 5.97 Å². The average molecular weight is 351 g/mol. The molecule has 1 unspecified atom stereocenters. The first-order valence-electron chi connectivity index (χ1n) is 8.82. The number of esters is 1. The monoisotopic (exact) mass is 351 g/mol. The van der Waals surface area contributed by atoms with Crippen LogP contribution in [0.15, 0.2) is 54.6 Å². The minimum absolute atomic E-state index is 0.299. The molecular formula is C22H25NO3. The van der Waals surface area contributed by atoms with Crippen molar-refractivity contribution in [3.63, 3.8) is 0 Å². The largest absolute Gasteiger partial charge is 0.492 e. The lowest BCUT2D eigenvalue weighted by Crippen LogP contribution is -2.39. The maximum atomic E-state index is 11.8. The summed E-state index contributed by atoms with van der Waals surface area (Å²) in [6.45, 7) is 3.07. The van der Waals surface area contributed by atoms with Crippen LogP contribution in [0.1, 0.15) is 24.5 Å². The van der Waals surface area contributed by atoms with Crippen LogP contribution in [0.25, 0.3) is 0 Å². The molecule has 0 saturated heterocycles. The van der Waals surface area contributed by atoms with Gasteiger partial charge in [0.2, 0.25) is 0 Å². The molecule has 4 heteroatoms. The van der Waals surface area contributed by atoms with Crippen molar-refractivity contribution >= 4 is 5.97 Å². The second-order valence-corrected chi connectivity index (χ2v) is 5.82. The number of benzene rings is 2. The Morgan fingerprint density at radius 2 is 1.81 bits per heavy atom. The Bertz CT molecular complexity index is 704. The quantitative estimate of drug-likeness (QED) is 0.406. The number of rotatable bonds is 10. The van der Waals surface area contributed by atoms with Crippen molar-refractivity contribution in [1.29, 1.82) is 0 Å².